The summed E-state index contributed by atoms with van der Waals surface area (Å²) in [5.41, 5.74) is 3.19. The summed E-state index contributed by atoms with van der Waals surface area (Å²) < 4.78 is 0. The molecule has 1 unspecified atom stereocenters. The van der Waals surface area contributed by atoms with Crippen LogP contribution in [0.1, 0.15) is 36.9 Å². The Balaban J connectivity index is 1.56. The minimum Gasteiger partial charge on any atom is -0.332 e. The van der Waals surface area contributed by atoms with Crippen molar-refractivity contribution in [2.45, 2.75) is 32.4 Å². The van der Waals surface area contributed by atoms with Crippen molar-refractivity contribution in [1.82, 2.24) is 4.90 Å². The zero-order valence-electron chi connectivity index (χ0n) is 14.0. The molecule has 2 fully saturated rings. The average molecular weight is 318 g/mol. The lowest BCUT2D eigenvalue weighted by Crippen LogP contribution is -2.27. The largest absolute Gasteiger partial charge is 0.332 e. The van der Waals surface area contributed by atoms with Gasteiger partial charge in [0.1, 0.15) is 0 Å². The van der Waals surface area contributed by atoms with Crippen LogP contribution in [0.5, 0.6) is 0 Å². The van der Waals surface area contributed by atoms with Gasteiger partial charge >= 0.3 is 0 Å². The second kappa shape index (κ2) is 5.90. The molecule has 1 amide bonds. The minimum atomic E-state index is -0.280. The van der Waals surface area contributed by atoms with Crippen molar-refractivity contribution in [3.8, 4) is 0 Å². The van der Waals surface area contributed by atoms with Crippen LogP contribution in [0.2, 0.25) is 0 Å². The van der Waals surface area contributed by atoms with Gasteiger partial charge in [-0.1, -0.05) is 60.7 Å². The lowest BCUT2D eigenvalue weighted by Gasteiger charge is -2.15. The predicted octanol–water partition coefficient (Wildman–Crippen LogP) is 4.01. The maximum absolute atomic E-state index is 12.9. The number of rotatable bonds is 4. The van der Waals surface area contributed by atoms with Crippen molar-refractivity contribution in [3.05, 3.63) is 71.8 Å². The van der Waals surface area contributed by atoms with E-state index in [1.165, 1.54) is 11.1 Å². The summed E-state index contributed by atoms with van der Waals surface area (Å²) in [6.45, 7) is 3.47. The topological polar surface area (TPSA) is 32.7 Å². The first-order chi connectivity index (χ1) is 11.7. The van der Waals surface area contributed by atoms with Gasteiger partial charge in [-0.3, -0.25) is 9.79 Å². The van der Waals surface area contributed by atoms with E-state index < -0.39 is 0 Å². The van der Waals surface area contributed by atoms with E-state index in [4.69, 9.17) is 4.99 Å². The van der Waals surface area contributed by atoms with Crippen LogP contribution in [0, 0.1) is 5.41 Å². The maximum Gasteiger partial charge on any atom is 0.235 e. The first kappa shape index (κ1) is 15.1. The smallest absolute Gasteiger partial charge is 0.235 e. The Kier molecular flexibility index (Phi) is 3.72. The van der Waals surface area contributed by atoms with E-state index in [1.54, 1.807) is 0 Å². The fraction of sp³-hybridized carbons (Fsp3) is 0.333. The normalized spacial score (nSPS) is 21.5. The zero-order valence-corrected chi connectivity index (χ0v) is 14.0. The highest BCUT2D eigenvalue weighted by atomic mass is 16.2. The van der Waals surface area contributed by atoms with E-state index in [-0.39, 0.29) is 17.4 Å². The summed E-state index contributed by atoms with van der Waals surface area (Å²) in [6, 6.07) is 20.6. The number of aliphatic imine (C=N–C) groups is 1. The van der Waals surface area contributed by atoms with Crippen molar-refractivity contribution in [1.29, 1.82) is 0 Å². The molecule has 1 saturated carbocycles. The Morgan fingerprint density at radius 1 is 1.04 bits per heavy atom. The molecule has 3 nitrogen and oxygen atoms in total. The third-order valence-electron chi connectivity index (χ3n) is 5.19. The Hall–Kier alpha value is -2.42. The molecule has 24 heavy (non-hydrogen) atoms. The number of hydrogen-bond acceptors (Lipinski definition) is 2. The highest BCUT2D eigenvalue weighted by Gasteiger charge is 2.60. The SMILES string of the molecule is CC(N=C1CN(Cc2ccccc2)C(=O)C12CC2)c1ccccc1. The monoisotopic (exact) mass is 318 g/mol. The van der Waals surface area contributed by atoms with Gasteiger partial charge in [0, 0.05) is 12.3 Å². The summed E-state index contributed by atoms with van der Waals surface area (Å²) in [5, 5.41) is 0. The van der Waals surface area contributed by atoms with Gasteiger partial charge in [-0.05, 0) is 30.9 Å². The van der Waals surface area contributed by atoms with E-state index >= 15 is 0 Å². The molecule has 3 heteroatoms. The van der Waals surface area contributed by atoms with Crippen molar-refractivity contribution in [2.75, 3.05) is 6.54 Å². The van der Waals surface area contributed by atoms with Crippen LogP contribution in [0.4, 0.5) is 0 Å². The maximum atomic E-state index is 12.9. The number of hydrogen-bond donors (Lipinski definition) is 0. The molecule has 1 atom stereocenters. The van der Waals surface area contributed by atoms with Crippen LogP contribution < -0.4 is 0 Å². The highest BCUT2D eigenvalue weighted by molar-refractivity contribution is 6.17. The zero-order chi connectivity index (χ0) is 16.6. The Labute approximate surface area is 143 Å². The average Bonchev–Trinajstić information content (AvgIpc) is 3.39. The van der Waals surface area contributed by atoms with Gasteiger partial charge in [0.25, 0.3) is 0 Å². The third-order valence-corrected chi connectivity index (χ3v) is 5.19. The summed E-state index contributed by atoms with van der Waals surface area (Å²) in [5.74, 6) is 0.269. The van der Waals surface area contributed by atoms with E-state index in [2.05, 4.69) is 31.2 Å². The van der Waals surface area contributed by atoms with Crippen LogP contribution >= 0.6 is 0 Å². The molecule has 1 aliphatic heterocycles. The molecule has 122 valence electrons. The lowest BCUT2D eigenvalue weighted by molar-refractivity contribution is -0.132. The van der Waals surface area contributed by atoms with Crippen molar-refractivity contribution >= 4 is 11.6 Å². The summed E-state index contributed by atoms with van der Waals surface area (Å²) >= 11 is 0. The quantitative estimate of drug-likeness (QED) is 0.838. The first-order valence-electron chi connectivity index (χ1n) is 8.64. The molecular formula is C21H22N2O. The number of amides is 1. The molecule has 0 aromatic heterocycles. The van der Waals surface area contributed by atoms with Crippen LogP contribution in [0.3, 0.4) is 0 Å². The molecule has 2 aromatic carbocycles. The van der Waals surface area contributed by atoms with Gasteiger partial charge in [0.2, 0.25) is 5.91 Å². The second-order valence-electron chi connectivity index (χ2n) is 6.89. The first-order valence-corrected chi connectivity index (χ1v) is 8.64. The fourth-order valence-corrected chi connectivity index (χ4v) is 3.59. The molecule has 1 aliphatic carbocycles. The lowest BCUT2D eigenvalue weighted by atomic mass is 10.0. The number of carbonyl (C=O) groups excluding carboxylic acids is 1. The summed E-state index contributed by atoms with van der Waals surface area (Å²) in [4.78, 5) is 19.8. The Bertz CT molecular complexity index is 763. The molecule has 1 spiro atoms. The molecular weight excluding hydrogens is 296 g/mol. The van der Waals surface area contributed by atoms with Crippen molar-refractivity contribution in [2.24, 2.45) is 10.4 Å². The number of carbonyl (C=O) groups is 1. The molecule has 2 aliphatic rings. The third kappa shape index (κ3) is 2.64. The van der Waals surface area contributed by atoms with Gasteiger partial charge < -0.3 is 4.90 Å². The molecule has 1 saturated heterocycles. The van der Waals surface area contributed by atoms with Gasteiger partial charge in [-0.25, -0.2) is 0 Å². The van der Waals surface area contributed by atoms with Crippen LogP contribution in [-0.4, -0.2) is 23.1 Å². The fourth-order valence-electron chi connectivity index (χ4n) is 3.59. The van der Waals surface area contributed by atoms with Crippen molar-refractivity contribution in [3.63, 3.8) is 0 Å². The van der Waals surface area contributed by atoms with E-state index in [1.807, 2.05) is 41.3 Å². The molecule has 0 radical (unpaired) electrons. The molecule has 2 aromatic rings. The van der Waals surface area contributed by atoms with Gasteiger partial charge in [0.05, 0.1) is 18.0 Å². The van der Waals surface area contributed by atoms with Crippen LogP contribution in [0.15, 0.2) is 65.7 Å². The standard InChI is InChI=1S/C21H22N2O/c1-16(18-10-6-3-7-11-18)22-19-15-23(20(24)21(19)12-13-21)14-17-8-4-2-5-9-17/h2-11,16H,12-15H2,1H3. The van der Waals surface area contributed by atoms with E-state index in [0.717, 1.165) is 18.6 Å². The minimum absolute atomic E-state index is 0.100. The number of likely N-dealkylation sites (tertiary alicyclic amines) is 1. The number of nitrogens with zero attached hydrogens (tertiary/aromatic N) is 2. The molecule has 0 bridgehead atoms. The number of benzene rings is 2. The van der Waals surface area contributed by atoms with Gasteiger partial charge in [-0.2, -0.15) is 0 Å². The molecule has 4 rings (SSSR count). The Morgan fingerprint density at radius 3 is 2.29 bits per heavy atom. The van der Waals surface area contributed by atoms with E-state index in [0.29, 0.717) is 13.1 Å². The van der Waals surface area contributed by atoms with Crippen molar-refractivity contribution < 1.29 is 4.79 Å². The Morgan fingerprint density at radius 2 is 1.67 bits per heavy atom. The molecule has 0 N–H and O–H groups in total. The van der Waals surface area contributed by atoms with Gasteiger partial charge in [0.15, 0.2) is 0 Å². The van der Waals surface area contributed by atoms with E-state index in [9.17, 15) is 4.79 Å². The van der Waals surface area contributed by atoms with Gasteiger partial charge in [-0.15, -0.1) is 0 Å². The van der Waals surface area contributed by atoms with Crippen LogP contribution in [0.25, 0.3) is 0 Å². The summed E-state index contributed by atoms with van der Waals surface area (Å²) in [6.07, 6.45) is 1.91. The summed E-state index contributed by atoms with van der Waals surface area (Å²) in [7, 11) is 0. The second-order valence-corrected chi connectivity index (χ2v) is 6.89. The van der Waals surface area contributed by atoms with Crippen LogP contribution in [-0.2, 0) is 11.3 Å². The highest BCUT2D eigenvalue weighted by Crippen LogP contribution is 2.52. The predicted molar refractivity (Wildman–Crippen MR) is 95.8 cm³/mol. The molecule has 1 heterocycles.